The van der Waals surface area contributed by atoms with Crippen LogP contribution < -0.4 is 0 Å². The predicted molar refractivity (Wildman–Crippen MR) is 93.6 cm³/mol. The second-order valence-electron chi connectivity index (χ2n) is 6.57. The molecule has 0 atom stereocenters. The van der Waals surface area contributed by atoms with Crippen LogP contribution in [0, 0.1) is 0 Å². The molecule has 0 fully saturated rings. The first-order chi connectivity index (χ1) is 12.7. The Morgan fingerprint density at radius 3 is 2.26 bits per heavy atom. The molecule has 1 aromatic rings. The number of imide groups is 1. The third-order valence-corrected chi connectivity index (χ3v) is 4.39. The lowest BCUT2D eigenvalue weighted by molar-refractivity contribution is -0.140. The number of benzene rings is 1. The van der Waals surface area contributed by atoms with E-state index in [0.717, 1.165) is 16.2 Å². The number of hydrogen-bond donors (Lipinski definition) is 0. The molecule has 8 heteroatoms. The van der Waals surface area contributed by atoms with Gasteiger partial charge < -0.3 is 4.90 Å². The molecule has 0 saturated carbocycles. The highest BCUT2D eigenvalue weighted by molar-refractivity contribution is 6.22. The summed E-state index contributed by atoms with van der Waals surface area (Å²) in [5.74, 6) is -1.73. The highest BCUT2D eigenvalue weighted by Gasteiger charge is 2.37. The van der Waals surface area contributed by atoms with Crippen LogP contribution in [0.4, 0.5) is 13.2 Å². The molecule has 148 valence electrons. The van der Waals surface area contributed by atoms with Gasteiger partial charge in [-0.3, -0.25) is 19.3 Å². The van der Waals surface area contributed by atoms with Gasteiger partial charge in [-0.1, -0.05) is 26.7 Å². The van der Waals surface area contributed by atoms with Crippen LogP contribution in [0.15, 0.2) is 18.2 Å². The van der Waals surface area contributed by atoms with Crippen molar-refractivity contribution in [1.82, 2.24) is 9.80 Å². The van der Waals surface area contributed by atoms with Crippen LogP contribution in [0.3, 0.4) is 0 Å². The Bertz CT molecular complexity index is 731. The highest BCUT2D eigenvalue weighted by atomic mass is 19.4. The van der Waals surface area contributed by atoms with Crippen LogP contribution in [-0.2, 0) is 0 Å². The fourth-order valence-corrected chi connectivity index (χ4v) is 2.94. The van der Waals surface area contributed by atoms with Gasteiger partial charge in [0.15, 0.2) is 0 Å². The summed E-state index contributed by atoms with van der Waals surface area (Å²) in [6, 6.07) is 3.89. The summed E-state index contributed by atoms with van der Waals surface area (Å²) in [7, 11) is 0. The molecule has 3 amide bonds. The summed E-state index contributed by atoms with van der Waals surface area (Å²) < 4.78 is 38.4. The monoisotopic (exact) mass is 384 g/mol. The minimum atomic E-state index is -4.51. The molecule has 1 aliphatic rings. The van der Waals surface area contributed by atoms with Crippen molar-refractivity contribution in [2.75, 3.05) is 19.6 Å². The summed E-state index contributed by atoms with van der Waals surface area (Å²) in [6.45, 7) is 2.66. The SMILES string of the molecule is CCCCN(CC(F)(F)F)C(=O)c1ccc2c(c1)C(=O)N(CCCC)C2=O. The van der Waals surface area contributed by atoms with E-state index in [1.807, 2.05) is 13.8 Å². The van der Waals surface area contributed by atoms with E-state index in [2.05, 4.69) is 0 Å². The van der Waals surface area contributed by atoms with Crippen molar-refractivity contribution in [3.05, 3.63) is 34.9 Å². The first kappa shape index (κ1) is 20.9. The third-order valence-electron chi connectivity index (χ3n) is 4.39. The van der Waals surface area contributed by atoms with Crippen molar-refractivity contribution in [2.24, 2.45) is 0 Å². The molecule has 5 nitrogen and oxygen atoms in total. The molecule has 0 saturated heterocycles. The van der Waals surface area contributed by atoms with E-state index in [-0.39, 0.29) is 29.8 Å². The number of alkyl halides is 3. The van der Waals surface area contributed by atoms with Gasteiger partial charge in [0, 0.05) is 18.7 Å². The van der Waals surface area contributed by atoms with Crippen molar-refractivity contribution in [1.29, 1.82) is 0 Å². The lowest BCUT2D eigenvalue weighted by atomic mass is 10.0. The lowest BCUT2D eigenvalue weighted by Crippen LogP contribution is -2.39. The maximum absolute atomic E-state index is 12.8. The second-order valence-corrected chi connectivity index (χ2v) is 6.57. The zero-order chi connectivity index (χ0) is 20.2. The minimum Gasteiger partial charge on any atom is -0.330 e. The van der Waals surface area contributed by atoms with Gasteiger partial charge in [0.1, 0.15) is 6.54 Å². The van der Waals surface area contributed by atoms with Gasteiger partial charge in [-0.25, -0.2) is 0 Å². The smallest absolute Gasteiger partial charge is 0.330 e. The van der Waals surface area contributed by atoms with Crippen molar-refractivity contribution >= 4 is 17.7 Å². The Balaban J connectivity index is 2.27. The van der Waals surface area contributed by atoms with Crippen LogP contribution in [0.5, 0.6) is 0 Å². The number of carbonyl (C=O) groups is 3. The molecule has 0 spiro atoms. The average Bonchev–Trinajstić information content (AvgIpc) is 2.85. The van der Waals surface area contributed by atoms with Crippen molar-refractivity contribution < 1.29 is 27.6 Å². The molecule has 27 heavy (non-hydrogen) atoms. The van der Waals surface area contributed by atoms with Crippen LogP contribution in [0.1, 0.15) is 70.6 Å². The topological polar surface area (TPSA) is 57.7 Å². The maximum Gasteiger partial charge on any atom is 0.406 e. The summed E-state index contributed by atoms with van der Waals surface area (Å²) in [4.78, 5) is 39.2. The van der Waals surface area contributed by atoms with Gasteiger partial charge in [0.05, 0.1) is 11.1 Å². The normalized spacial score (nSPS) is 13.9. The Hall–Kier alpha value is -2.38. The van der Waals surface area contributed by atoms with Crippen LogP contribution in [0.2, 0.25) is 0 Å². The number of carbonyl (C=O) groups excluding carboxylic acids is 3. The fraction of sp³-hybridized carbons (Fsp3) is 0.526. The van der Waals surface area contributed by atoms with Crippen molar-refractivity contribution in [2.45, 2.75) is 45.7 Å². The number of unbranched alkanes of at least 4 members (excludes halogenated alkanes) is 2. The molecule has 1 aliphatic heterocycles. The minimum absolute atomic E-state index is 0.0207. The Morgan fingerprint density at radius 1 is 1.04 bits per heavy atom. The zero-order valence-corrected chi connectivity index (χ0v) is 15.4. The second kappa shape index (κ2) is 8.54. The molecule has 0 unspecified atom stereocenters. The molecular formula is C19H23F3N2O3. The van der Waals surface area contributed by atoms with Crippen LogP contribution in [-0.4, -0.2) is 53.3 Å². The molecule has 1 heterocycles. The molecule has 0 bridgehead atoms. The largest absolute Gasteiger partial charge is 0.406 e. The predicted octanol–water partition coefficient (Wildman–Crippen LogP) is 3.89. The van der Waals surface area contributed by atoms with Gasteiger partial charge in [-0.2, -0.15) is 13.2 Å². The van der Waals surface area contributed by atoms with E-state index >= 15 is 0 Å². The third kappa shape index (κ3) is 4.87. The van der Waals surface area contributed by atoms with E-state index in [4.69, 9.17) is 0 Å². The number of amides is 3. The van der Waals surface area contributed by atoms with Crippen LogP contribution >= 0.6 is 0 Å². The molecule has 0 N–H and O–H groups in total. The summed E-state index contributed by atoms with van der Waals surface area (Å²) in [6.07, 6.45) is -1.96. The Labute approximate surface area is 156 Å². The number of halogens is 3. The van der Waals surface area contributed by atoms with Gasteiger partial charge in [0.25, 0.3) is 17.7 Å². The number of fused-ring (bicyclic) bond motifs is 1. The van der Waals surface area contributed by atoms with Gasteiger partial charge in [0.2, 0.25) is 0 Å². The van der Waals surface area contributed by atoms with Crippen molar-refractivity contribution in [3.63, 3.8) is 0 Å². The van der Waals surface area contributed by atoms with E-state index in [0.29, 0.717) is 19.3 Å². The maximum atomic E-state index is 12.8. The van der Waals surface area contributed by atoms with E-state index in [1.54, 1.807) is 0 Å². The van der Waals surface area contributed by atoms with E-state index in [9.17, 15) is 27.6 Å². The first-order valence-corrected chi connectivity index (χ1v) is 9.05. The van der Waals surface area contributed by atoms with Crippen LogP contribution in [0.25, 0.3) is 0 Å². The summed E-state index contributed by atoms with van der Waals surface area (Å²) in [5, 5.41) is 0. The number of rotatable bonds is 8. The summed E-state index contributed by atoms with van der Waals surface area (Å²) in [5.41, 5.74) is 0.237. The Morgan fingerprint density at radius 2 is 1.67 bits per heavy atom. The Kier molecular flexibility index (Phi) is 6.62. The quantitative estimate of drug-likeness (QED) is 0.639. The van der Waals surface area contributed by atoms with Gasteiger partial charge in [-0.15, -0.1) is 0 Å². The summed E-state index contributed by atoms with van der Waals surface area (Å²) >= 11 is 0. The standard InChI is InChI=1S/C19H23F3N2O3/c1-3-5-9-23(12-19(20,21)22)16(25)13-7-8-14-15(11-13)18(27)24(17(14)26)10-6-4-2/h7-8,11H,3-6,9-10,12H2,1-2H3. The van der Waals surface area contributed by atoms with Gasteiger partial charge in [-0.05, 0) is 31.0 Å². The average molecular weight is 384 g/mol. The molecule has 1 aromatic carbocycles. The van der Waals surface area contributed by atoms with Gasteiger partial charge >= 0.3 is 6.18 Å². The molecule has 0 aromatic heterocycles. The number of nitrogens with zero attached hydrogens (tertiary/aromatic N) is 2. The van der Waals surface area contributed by atoms with E-state index in [1.165, 1.54) is 18.2 Å². The molecular weight excluding hydrogens is 361 g/mol. The molecule has 0 radical (unpaired) electrons. The molecule has 0 aliphatic carbocycles. The number of hydrogen-bond acceptors (Lipinski definition) is 3. The van der Waals surface area contributed by atoms with Crippen molar-refractivity contribution in [3.8, 4) is 0 Å². The molecule has 2 rings (SSSR count). The first-order valence-electron chi connectivity index (χ1n) is 9.05. The lowest BCUT2D eigenvalue weighted by Gasteiger charge is -2.24. The highest BCUT2D eigenvalue weighted by Crippen LogP contribution is 2.26. The fourth-order valence-electron chi connectivity index (χ4n) is 2.94. The zero-order valence-electron chi connectivity index (χ0n) is 15.4. The van der Waals surface area contributed by atoms with E-state index < -0.39 is 30.4 Å².